The molecule has 98 valence electrons. The number of aromatic carboxylic acids is 1. The number of carboxylic acid groups (broad SMARTS) is 1. The van der Waals surface area contributed by atoms with E-state index in [4.69, 9.17) is 9.84 Å². The van der Waals surface area contributed by atoms with Crippen molar-refractivity contribution in [2.75, 3.05) is 31.7 Å². The first kappa shape index (κ1) is 12.8. The molecule has 0 radical (unpaired) electrons. The van der Waals surface area contributed by atoms with Crippen LogP contribution in [0, 0.1) is 5.92 Å². The Morgan fingerprint density at radius 3 is 2.94 bits per heavy atom. The number of carbonyl (C=O) groups is 1. The van der Waals surface area contributed by atoms with Crippen molar-refractivity contribution in [3.05, 3.63) is 18.1 Å². The number of hydrogen-bond donors (Lipinski definition) is 1. The van der Waals surface area contributed by atoms with Crippen LogP contribution < -0.4 is 4.90 Å². The molecule has 6 heteroatoms. The minimum Gasteiger partial charge on any atom is -0.477 e. The van der Waals surface area contributed by atoms with Crippen LogP contribution >= 0.6 is 0 Å². The highest BCUT2D eigenvalue weighted by molar-refractivity contribution is 5.92. The van der Waals surface area contributed by atoms with Crippen molar-refractivity contribution in [3.63, 3.8) is 0 Å². The van der Waals surface area contributed by atoms with Crippen molar-refractivity contribution < 1.29 is 14.6 Å². The Morgan fingerprint density at radius 2 is 2.28 bits per heavy atom. The summed E-state index contributed by atoms with van der Waals surface area (Å²) in [7, 11) is 1.87. The second kappa shape index (κ2) is 5.77. The molecule has 0 amide bonds. The zero-order valence-electron chi connectivity index (χ0n) is 10.4. The summed E-state index contributed by atoms with van der Waals surface area (Å²) in [6.07, 6.45) is 4.74. The molecule has 0 spiro atoms. The Labute approximate surface area is 106 Å². The van der Waals surface area contributed by atoms with Gasteiger partial charge in [0.2, 0.25) is 0 Å². The Hall–Kier alpha value is -1.69. The van der Waals surface area contributed by atoms with E-state index in [1.165, 1.54) is 12.5 Å². The van der Waals surface area contributed by atoms with E-state index < -0.39 is 5.97 Å². The Kier molecular flexibility index (Phi) is 4.09. The SMILES string of the molecule is CN(CC1CCOCC1)c1ncncc1C(=O)O. The Morgan fingerprint density at radius 1 is 1.56 bits per heavy atom. The van der Waals surface area contributed by atoms with Gasteiger partial charge in [0.05, 0.1) is 0 Å². The van der Waals surface area contributed by atoms with Gasteiger partial charge in [0, 0.05) is 33.0 Å². The van der Waals surface area contributed by atoms with E-state index in [9.17, 15) is 4.79 Å². The highest BCUT2D eigenvalue weighted by atomic mass is 16.5. The number of nitrogens with zero attached hydrogens (tertiary/aromatic N) is 3. The maximum absolute atomic E-state index is 11.1. The quantitative estimate of drug-likeness (QED) is 0.861. The molecule has 1 saturated heterocycles. The third-order valence-electron chi connectivity index (χ3n) is 3.16. The number of carboxylic acids is 1. The molecule has 1 aromatic rings. The molecule has 1 aliphatic rings. The van der Waals surface area contributed by atoms with Crippen LogP contribution in [0.2, 0.25) is 0 Å². The molecule has 18 heavy (non-hydrogen) atoms. The van der Waals surface area contributed by atoms with Crippen LogP contribution in [0.25, 0.3) is 0 Å². The van der Waals surface area contributed by atoms with Gasteiger partial charge < -0.3 is 14.7 Å². The van der Waals surface area contributed by atoms with Gasteiger partial charge in [-0.1, -0.05) is 0 Å². The van der Waals surface area contributed by atoms with Crippen molar-refractivity contribution in [1.29, 1.82) is 0 Å². The lowest BCUT2D eigenvalue weighted by molar-refractivity contribution is 0.0677. The van der Waals surface area contributed by atoms with Crippen LogP contribution in [0.3, 0.4) is 0 Å². The van der Waals surface area contributed by atoms with Crippen molar-refractivity contribution >= 4 is 11.8 Å². The lowest BCUT2D eigenvalue weighted by Crippen LogP contribution is -2.31. The molecule has 0 saturated carbocycles. The average molecular weight is 251 g/mol. The lowest BCUT2D eigenvalue weighted by Gasteiger charge is -2.28. The Bertz CT molecular complexity index is 419. The van der Waals surface area contributed by atoms with Gasteiger partial charge in [0.15, 0.2) is 0 Å². The van der Waals surface area contributed by atoms with E-state index in [0.29, 0.717) is 11.7 Å². The fourth-order valence-electron chi connectivity index (χ4n) is 2.18. The molecule has 0 bridgehead atoms. The Balaban J connectivity index is 2.08. The largest absolute Gasteiger partial charge is 0.477 e. The number of rotatable bonds is 4. The minimum absolute atomic E-state index is 0.145. The van der Waals surface area contributed by atoms with E-state index in [0.717, 1.165) is 32.6 Å². The van der Waals surface area contributed by atoms with E-state index in [1.807, 2.05) is 11.9 Å². The summed E-state index contributed by atoms with van der Waals surface area (Å²) in [4.78, 5) is 20.8. The second-order valence-electron chi connectivity index (χ2n) is 4.50. The van der Waals surface area contributed by atoms with Crippen molar-refractivity contribution in [1.82, 2.24) is 9.97 Å². The fourth-order valence-corrected chi connectivity index (χ4v) is 2.18. The van der Waals surface area contributed by atoms with Gasteiger partial charge in [0.25, 0.3) is 0 Å². The molecule has 0 unspecified atom stereocenters. The summed E-state index contributed by atoms with van der Waals surface area (Å²) < 4.78 is 5.31. The van der Waals surface area contributed by atoms with Crippen LogP contribution in [0.4, 0.5) is 5.82 Å². The molecule has 0 atom stereocenters. The standard InChI is InChI=1S/C12H17N3O3/c1-15(7-9-2-4-18-5-3-9)11-10(12(16)17)6-13-8-14-11/h6,8-9H,2-5,7H2,1H3,(H,16,17). The summed E-state index contributed by atoms with van der Waals surface area (Å²) in [5, 5.41) is 9.09. The first-order chi connectivity index (χ1) is 8.68. The maximum atomic E-state index is 11.1. The molecule has 1 fully saturated rings. The van der Waals surface area contributed by atoms with Gasteiger partial charge in [0.1, 0.15) is 17.7 Å². The van der Waals surface area contributed by atoms with Crippen LogP contribution in [-0.4, -0.2) is 47.8 Å². The minimum atomic E-state index is -0.996. The smallest absolute Gasteiger partial charge is 0.341 e. The predicted octanol–water partition coefficient (Wildman–Crippen LogP) is 1.04. The fraction of sp³-hybridized carbons (Fsp3) is 0.583. The lowest BCUT2D eigenvalue weighted by atomic mass is 10.00. The normalized spacial score (nSPS) is 16.5. The van der Waals surface area contributed by atoms with Crippen molar-refractivity contribution in [2.24, 2.45) is 5.92 Å². The van der Waals surface area contributed by atoms with Gasteiger partial charge in [-0.3, -0.25) is 0 Å². The zero-order valence-corrected chi connectivity index (χ0v) is 10.4. The van der Waals surface area contributed by atoms with Gasteiger partial charge in [-0.05, 0) is 18.8 Å². The van der Waals surface area contributed by atoms with Crippen molar-refractivity contribution in [3.8, 4) is 0 Å². The molecule has 1 N–H and O–H groups in total. The van der Waals surface area contributed by atoms with Gasteiger partial charge in [-0.2, -0.15) is 0 Å². The first-order valence-electron chi connectivity index (χ1n) is 6.00. The average Bonchev–Trinajstić information content (AvgIpc) is 2.40. The van der Waals surface area contributed by atoms with Crippen LogP contribution in [0.5, 0.6) is 0 Å². The monoisotopic (exact) mass is 251 g/mol. The summed E-state index contributed by atoms with van der Waals surface area (Å²) in [5.74, 6) is 0.00813. The zero-order chi connectivity index (χ0) is 13.0. The van der Waals surface area contributed by atoms with Crippen LogP contribution in [-0.2, 0) is 4.74 Å². The molecular formula is C12H17N3O3. The van der Waals surface area contributed by atoms with Crippen LogP contribution in [0.1, 0.15) is 23.2 Å². The molecule has 2 rings (SSSR count). The molecule has 0 aliphatic carbocycles. The summed E-state index contributed by atoms with van der Waals surface area (Å²) in [5.41, 5.74) is 0.145. The molecular weight excluding hydrogens is 234 g/mol. The predicted molar refractivity (Wildman–Crippen MR) is 65.8 cm³/mol. The first-order valence-corrected chi connectivity index (χ1v) is 6.00. The number of ether oxygens (including phenoxy) is 1. The van der Waals surface area contributed by atoms with Gasteiger partial charge in [-0.15, -0.1) is 0 Å². The third-order valence-corrected chi connectivity index (χ3v) is 3.16. The van der Waals surface area contributed by atoms with Gasteiger partial charge in [-0.25, -0.2) is 14.8 Å². The number of aromatic nitrogens is 2. The summed E-state index contributed by atoms with van der Waals surface area (Å²) in [6, 6.07) is 0. The topological polar surface area (TPSA) is 75.5 Å². The summed E-state index contributed by atoms with van der Waals surface area (Å²) >= 11 is 0. The van der Waals surface area contributed by atoms with E-state index in [1.54, 1.807) is 0 Å². The van der Waals surface area contributed by atoms with E-state index in [2.05, 4.69) is 9.97 Å². The van der Waals surface area contributed by atoms with Crippen molar-refractivity contribution in [2.45, 2.75) is 12.8 Å². The molecule has 6 nitrogen and oxygen atoms in total. The highest BCUT2D eigenvalue weighted by Gasteiger charge is 2.20. The third kappa shape index (κ3) is 2.95. The van der Waals surface area contributed by atoms with Gasteiger partial charge >= 0.3 is 5.97 Å². The highest BCUT2D eigenvalue weighted by Crippen LogP contribution is 2.20. The molecule has 1 aromatic heterocycles. The number of hydrogen-bond acceptors (Lipinski definition) is 5. The molecule has 2 heterocycles. The summed E-state index contributed by atoms with van der Waals surface area (Å²) in [6.45, 7) is 2.36. The van der Waals surface area contributed by atoms with E-state index in [-0.39, 0.29) is 5.56 Å². The van der Waals surface area contributed by atoms with Crippen LogP contribution in [0.15, 0.2) is 12.5 Å². The maximum Gasteiger partial charge on any atom is 0.341 e. The molecule has 1 aliphatic heterocycles. The number of anilines is 1. The van der Waals surface area contributed by atoms with E-state index >= 15 is 0 Å². The second-order valence-corrected chi connectivity index (χ2v) is 4.50. The molecule has 0 aromatic carbocycles.